The first-order valence-electron chi connectivity index (χ1n) is 5.11. The van der Waals surface area contributed by atoms with Gasteiger partial charge < -0.3 is 16.2 Å². The van der Waals surface area contributed by atoms with Crippen LogP contribution in [-0.4, -0.2) is 27.5 Å². The minimum atomic E-state index is -1.07. The fraction of sp³-hybridized carbons (Fsp3) is 0.500. The van der Waals surface area contributed by atoms with Gasteiger partial charge in [0.2, 0.25) is 5.91 Å². The summed E-state index contributed by atoms with van der Waals surface area (Å²) >= 11 is 1.19. The van der Waals surface area contributed by atoms with Crippen LogP contribution in [0.2, 0.25) is 0 Å². The van der Waals surface area contributed by atoms with Crippen LogP contribution in [0.3, 0.4) is 0 Å². The fourth-order valence-corrected chi connectivity index (χ4v) is 1.72. The Balaban J connectivity index is 2.56. The molecular formula is C10H15N3O3S. The topological polar surface area (TPSA) is 105 Å². The van der Waals surface area contributed by atoms with Crippen molar-refractivity contribution in [3.63, 3.8) is 0 Å². The minimum Gasteiger partial charge on any atom is -0.476 e. The Kier molecular flexibility index (Phi) is 4.19. The Morgan fingerprint density at radius 1 is 1.65 bits per heavy atom. The van der Waals surface area contributed by atoms with Gasteiger partial charge >= 0.3 is 5.97 Å². The molecule has 1 aromatic rings. The maximum Gasteiger partial charge on any atom is 0.355 e. The maximum absolute atomic E-state index is 11.6. The van der Waals surface area contributed by atoms with Gasteiger partial charge in [-0.1, -0.05) is 6.92 Å². The number of nitrogens with two attached hydrogens (primary N) is 1. The summed E-state index contributed by atoms with van der Waals surface area (Å²) in [6.07, 6.45) is 0.525. The number of rotatable bonds is 5. The van der Waals surface area contributed by atoms with Crippen molar-refractivity contribution >= 4 is 23.2 Å². The second-order valence-electron chi connectivity index (χ2n) is 3.89. The molecule has 0 saturated carbocycles. The maximum atomic E-state index is 11.6. The highest BCUT2D eigenvalue weighted by atomic mass is 32.1. The van der Waals surface area contributed by atoms with Gasteiger partial charge in [-0.3, -0.25) is 4.79 Å². The molecule has 0 spiro atoms. The highest BCUT2D eigenvalue weighted by Gasteiger charge is 2.25. The largest absolute Gasteiger partial charge is 0.476 e. The molecule has 0 bridgehead atoms. The molecule has 1 unspecified atom stereocenters. The number of carbonyl (C=O) groups is 2. The number of hydrogen-bond donors (Lipinski definition) is 3. The van der Waals surface area contributed by atoms with Gasteiger partial charge in [-0.2, -0.15) is 0 Å². The Hall–Kier alpha value is -1.47. The molecule has 6 nitrogen and oxygen atoms in total. The van der Waals surface area contributed by atoms with Crippen LogP contribution in [0.25, 0.3) is 0 Å². The van der Waals surface area contributed by atoms with Crippen LogP contribution in [0.5, 0.6) is 0 Å². The average molecular weight is 257 g/mol. The number of nitrogens with one attached hydrogen (secondary N) is 1. The van der Waals surface area contributed by atoms with E-state index in [1.165, 1.54) is 16.7 Å². The van der Waals surface area contributed by atoms with Gasteiger partial charge in [0.25, 0.3) is 0 Å². The molecule has 1 amide bonds. The predicted molar refractivity (Wildman–Crippen MR) is 63.8 cm³/mol. The van der Waals surface area contributed by atoms with E-state index in [9.17, 15) is 9.59 Å². The first-order chi connectivity index (χ1) is 7.86. The van der Waals surface area contributed by atoms with Crippen molar-refractivity contribution in [2.45, 2.75) is 32.4 Å². The van der Waals surface area contributed by atoms with Gasteiger partial charge in [0, 0.05) is 5.38 Å². The summed E-state index contributed by atoms with van der Waals surface area (Å²) < 4.78 is 0. The zero-order valence-electron chi connectivity index (χ0n) is 9.69. The first-order valence-corrected chi connectivity index (χ1v) is 5.99. The average Bonchev–Trinajstić information content (AvgIpc) is 2.74. The van der Waals surface area contributed by atoms with Crippen LogP contribution in [0, 0.1) is 0 Å². The third kappa shape index (κ3) is 3.50. The number of amides is 1. The second-order valence-corrected chi connectivity index (χ2v) is 4.83. The van der Waals surface area contributed by atoms with Crippen LogP contribution >= 0.6 is 11.3 Å². The molecule has 94 valence electrons. The minimum absolute atomic E-state index is 0.00903. The highest BCUT2D eigenvalue weighted by molar-refractivity contribution is 7.09. The number of carboxylic acid groups (broad SMARTS) is 1. The van der Waals surface area contributed by atoms with Crippen molar-refractivity contribution in [2.24, 2.45) is 5.73 Å². The van der Waals surface area contributed by atoms with Gasteiger partial charge in [0.15, 0.2) is 5.69 Å². The summed E-state index contributed by atoms with van der Waals surface area (Å²) in [6, 6.07) is 0. The molecule has 4 N–H and O–H groups in total. The molecule has 7 heteroatoms. The van der Waals surface area contributed by atoms with Gasteiger partial charge in [-0.15, -0.1) is 11.3 Å². The molecule has 1 heterocycles. The molecule has 17 heavy (non-hydrogen) atoms. The molecule has 0 aliphatic heterocycles. The molecule has 0 saturated heterocycles. The van der Waals surface area contributed by atoms with Crippen LogP contribution < -0.4 is 11.1 Å². The molecule has 0 aliphatic rings. The number of aromatic nitrogens is 1. The molecular weight excluding hydrogens is 242 g/mol. The lowest BCUT2D eigenvalue weighted by molar-refractivity contribution is -0.126. The van der Waals surface area contributed by atoms with Crippen LogP contribution in [0.4, 0.5) is 0 Å². The van der Waals surface area contributed by atoms with E-state index in [1.54, 1.807) is 6.92 Å². The normalized spacial score (nSPS) is 14.1. The number of carbonyl (C=O) groups excluding carboxylic acids is 1. The lowest BCUT2D eigenvalue weighted by Gasteiger charge is -2.20. The van der Waals surface area contributed by atoms with E-state index in [1.807, 2.05) is 6.92 Å². The van der Waals surface area contributed by atoms with Gasteiger partial charge in [-0.25, -0.2) is 9.78 Å². The first kappa shape index (κ1) is 13.6. The zero-order valence-corrected chi connectivity index (χ0v) is 10.5. The third-order valence-electron chi connectivity index (χ3n) is 2.42. The number of hydrogen-bond acceptors (Lipinski definition) is 5. The summed E-state index contributed by atoms with van der Waals surface area (Å²) in [7, 11) is 0. The Bertz CT molecular complexity index is 428. The fourth-order valence-electron chi connectivity index (χ4n) is 1.01. The van der Waals surface area contributed by atoms with Crippen LogP contribution in [-0.2, 0) is 11.3 Å². The number of aromatic carboxylic acids is 1. The SMILES string of the molecule is CCC(C)(N)C(=O)NCc1nc(C(=O)O)cs1. The summed E-state index contributed by atoms with van der Waals surface area (Å²) in [6.45, 7) is 3.67. The number of carboxylic acids is 1. The van der Waals surface area contributed by atoms with Crippen molar-refractivity contribution in [1.82, 2.24) is 10.3 Å². The van der Waals surface area contributed by atoms with E-state index in [-0.39, 0.29) is 18.1 Å². The molecule has 0 radical (unpaired) electrons. The number of thiazole rings is 1. The van der Waals surface area contributed by atoms with E-state index in [4.69, 9.17) is 10.8 Å². The van der Waals surface area contributed by atoms with Crippen LogP contribution in [0.1, 0.15) is 35.8 Å². The third-order valence-corrected chi connectivity index (χ3v) is 3.27. The van der Waals surface area contributed by atoms with E-state index < -0.39 is 11.5 Å². The smallest absolute Gasteiger partial charge is 0.355 e. The van der Waals surface area contributed by atoms with Crippen molar-refractivity contribution in [2.75, 3.05) is 0 Å². The van der Waals surface area contributed by atoms with Crippen molar-refractivity contribution < 1.29 is 14.7 Å². The van der Waals surface area contributed by atoms with E-state index in [2.05, 4.69) is 10.3 Å². The van der Waals surface area contributed by atoms with E-state index in [0.29, 0.717) is 11.4 Å². The van der Waals surface area contributed by atoms with E-state index >= 15 is 0 Å². The lowest BCUT2D eigenvalue weighted by Crippen LogP contribution is -2.50. The van der Waals surface area contributed by atoms with Gasteiger partial charge in [0.1, 0.15) is 5.01 Å². The van der Waals surface area contributed by atoms with Crippen molar-refractivity contribution in [3.8, 4) is 0 Å². The van der Waals surface area contributed by atoms with Crippen LogP contribution in [0.15, 0.2) is 5.38 Å². The van der Waals surface area contributed by atoms with Crippen molar-refractivity contribution in [1.29, 1.82) is 0 Å². The molecule has 0 aromatic carbocycles. The van der Waals surface area contributed by atoms with Gasteiger partial charge in [0.05, 0.1) is 12.1 Å². The van der Waals surface area contributed by atoms with Gasteiger partial charge in [-0.05, 0) is 13.3 Å². The molecule has 0 aliphatic carbocycles. The monoisotopic (exact) mass is 257 g/mol. The predicted octanol–water partition coefficient (Wildman–Crippen LogP) is 0.585. The summed E-state index contributed by atoms with van der Waals surface area (Å²) in [5.74, 6) is -1.34. The summed E-state index contributed by atoms with van der Waals surface area (Å²) in [4.78, 5) is 26.1. The zero-order chi connectivity index (χ0) is 13.1. The highest BCUT2D eigenvalue weighted by Crippen LogP contribution is 2.10. The Labute approximate surface area is 103 Å². The lowest BCUT2D eigenvalue weighted by atomic mass is 10.00. The molecule has 1 rings (SSSR count). The quantitative estimate of drug-likeness (QED) is 0.715. The van der Waals surface area contributed by atoms with E-state index in [0.717, 1.165) is 0 Å². The Morgan fingerprint density at radius 2 is 2.29 bits per heavy atom. The Morgan fingerprint density at radius 3 is 2.76 bits per heavy atom. The second kappa shape index (κ2) is 5.24. The molecule has 1 atom stereocenters. The molecule has 0 fully saturated rings. The number of nitrogens with zero attached hydrogens (tertiary/aromatic N) is 1. The van der Waals surface area contributed by atoms with Crippen molar-refractivity contribution in [3.05, 3.63) is 16.1 Å². The molecule has 1 aromatic heterocycles. The standard InChI is InChI=1S/C10H15N3O3S/c1-3-10(2,11)9(16)12-4-7-13-6(5-17-7)8(14)15/h5H,3-4,11H2,1-2H3,(H,12,16)(H,14,15). The summed E-state index contributed by atoms with van der Waals surface area (Å²) in [5.41, 5.74) is 4.84. The summed E-state index contributed by atoms with van der Waals surface area (Å²) in [5, 5.41) is 13.3.